The molecule has 2 rings (SSSR count). The molecule has 1 amide bonds. The van der Waals surface area contributed by atoms with Crippen molar-refractivity contribution in [3.63, 3.8) is 0 Å². The first kappa shape index (κ1) is 9.92. The molecule has 0 bridgehead atoms. The summed E-state index contributed by atoms with van der Waals surface area (Å²) in [7, 11) is 0. The Morgan fingerprint density at radius 1 is 1.67 bits per heavy atom. The topological polar surface area (TPSA) is 55.1 Å². The van der Waals surface area contributed by atoms with Gasteiger partial charge in [-0.1, -0.05) is 0 Å². The first-order valence-corrected chi connectivity index (χ1v) is 5.36. The predicted octanol–water partition coefficient (Wildman–Crippen LogP) is 2.23. The number of anilines is 1. The minimum absolute atomic E-state index is 0.112. The second-order valence-electron chi connectivity index (χ2n) is 3.10. The average Bonchev–Trinajstić information content (AvgIpc) is 2.77. The largest absolute Gasteiger partial charge is 0.469 e. The number of aryl methyl sites for hydroxylation is 1. The van der Waals surface area contributed by atoms with Gasteiger partial charge in [-0.15, -0.1) is 11.3 Å². The number of amides is 1. The summed E-state index contributed by atoms with van der Waals surface area (Å²) in [5, 5.41) is 5.23. The van der Waals surface area contributed by atoms with Crippen molar-refractivity contribution in [3.8, 4) is 0 Å². The molecule has 0 saturated carbocycles. The van der Waals surface area contributed by atoms with E-state index < -0.39 is 0 Å². The van der Waals surface area contributed by atoms with E-state index >= 15 is 0 Å². The van der Waals surface area contributed by atoms with E-state index in [2.05, 4.69) is 10.3 Å². The Morgan fingerprint density at radius 3 is 3.13 bits per heavy atom. The summed E-state index contributed by atoms with van der Waals surface area (Å²) in [6.45, 7) is 1.89. The highest BCUT2D eigenvalue weighted by Gasteiger charge is 2.07. The van der Waals surface area contributed by atoms with E-state index in [1.54, 1.807) is 18.4 Å². The van der Waals surface area contributed by atoms with E-state index in [1.165, 1.54) is 11.3 Å². The zero-order valence-corrected chi connectivity index (χ0v) is 9.00. The Kier molecular flexibility index (Phi) is 2.82. The standard InChI is InChI=1S/C10H10N2O2S/c1-7-6-15-10(11-7)12-9(13)5-8-3-2-4-14-8/h2-4,6H,5H2,1H3,(H,11,12,13). The zero-order valence-electron chi connectivity index (χ0n) is 8.19. The highest BCUT2D eigenvalue weighted by atomic mass is 32.1. The minimum Gasteiger partial charge on any atom is -0.469 e. The number of rotatable bonds is 3. The van der Waals surface area contributed by atoms with Crippen LogP contribution in [0.2, 0.25) is 0 Å². The first-order chi connectivity index (χ1) is 7.24. The fourth-order valence-corrected chi connectivity index (χ4v) is 1.85. The SMILES string of the molecule is Cc1csc(NC(=O)Cc2ccco2)n1. The fourth-order valence-electron chi connectivity index (χ4n) is 1.15. The van der Waals surface area contributed by atoms with Gasteiger partial charge in [0.05, 0.1) is 18.4 Å². The van der Waals surface area contributed by atoms with Crippen LogP contribution in [0.5, 0.6) is 0 Å². The number of nitrogens with zero attached hydrogens (tertiary/aromatic N) is 1. The molecule has 4 nitrogen and oxygen atoms in total. The summed E-state index contributed by atoms with van der Waals surface area (Å²) in [6.07, 6.45) is 1.79. The minimum atomic E-state index is -0.112. The first-order valence-electron chi connectivity index (χ1n) is 4.48. The van der Waals surface area contributed by atoms with E-state index in [9.17, 15) is 4.79 Å². The van der Waals surface area contributed by atoms with Crippen molar-refractivity contribution in [1.82, 2.24) is 4.98 Å². The van der Waals surface area contributed by atoms with Crippen LogP contribution in [-0.4, -0.2) is 10.9 Å². The molecule has 0 radical (unpaired) electrons. The second-order valence-corrected chi connectivity index (χ2v) is 3.96. The maximum atomic E-state index is 11.5. The molecule has 0 aliphatic heterocycles. The van der Waals surface area contributed by atoms with Crippen molar-refractivity contribution in [3.05, 3.63) is 35.2 Å². The van der Waals surface area contributed by atoms with Crippen LogP contribution in [0.3, 0.4) is 0 Å². The van der Waals surface area contributed by atoms with Gasteiger partial charge in [-0.3, -0.25) is 4.79 Å². The van der Waals surface area contributed by atoms with Gasteiger partial charge < -0.3 is 9.73 Å². The van der Waals surface area contributed by atoms with Gasteiger partial charge in [0.25, 0.3) is 0 Å². The van der Waals surface area contributed by atoms with E-state index in [1.807, 2.05) is 12.3 Å². The lowest BCUT2D eigenvalue weighted by Gasteiger charge is -1.98. The Balaban J connectivity index is 1.93. The van der Waals surface area contributed by atoms with Gasteiger partial charge in [-0.2, -0.15) is 0 Å². The lowest BCUT2D eigenvalue weighted by atomic mass is 10.3. The lowest BCUT2D eigenvalue weighted by Crippen LogP contribution is -2.13. The molecule has 1 N–H and O–H groups in total. The van der Waals surface area contributed by atoms with Crippen LogP contribution < -0.4 is 5.32 Å². The highest BCUT2D eigenvalue weighted by Crippen LogP contribution is 2.14. The zero-order chi connectivity index (χ0) is 10.7. The number of hydrogen-bond acceptors (Lipinski definition) is 4. The van der Waals surface area contributed by atoms with Gasteiger partial charge >= 0.3 is 0 Å². The van der Waals surface area contributed by atoms with E-state index in [0.717, 1.165) is 5.69 Å². The van der Waals surface area contributed by atoms with Crippen LogP contribution in [0.1, 0.15) is 11.5 Å². The van der Waals surface area contributed by atoms with Crippen LogP contribution in [0.15, 0.2) is 28.2 Å². The molecule has 2 heterocycles. The van der Waals surface area contributed by atoms with Crippen LogP contribution in [0, 0.1) is 6.92 Å². The molecule has 0 unspecified atom stereocenters. The molecule has 2 aromatic rings. The number of carbonyl (C=O) groups excluding carboxylic acids is 1. The van der Waals surface area contributed by atoms with Gasteiger partial charge in [0, 0.05) is 5.38 Å². The molecule has 2 aromatic heterocycles. The Morgan fingerprint density at radius 2 is 2.53 bits per heavy atom. The molecule has 0 spiro atoms. The summed E-state index contributed by atoms with van der Waals surface area (Å²) >= 11 is 1.42. The molecule has 5 heteroatoms. The molecule has 0 atom stereocenters. The normalized spacial score (nSPS) is 10.2. The van der Waals surface area contributed by atoms with Crippen LogP contribution in [-0.2, 0) is 11.2 Å². The quantitative estimate of drug-likeness (QED) is 0.866. The average molecular weight is 222 g/mol. The summed E-state index contributed by atoms with van der Waals surface area (Å²) in [5.74, 6) is 0.542. The summed E-state index contributed by atoms with van der Waals surface area (Å²) < 4.78 is 5.07. The fraction of sp³-hybridized carbons (Fsp3) is 0.200. The van der Waals surface area contributed by atoms with Gasteiger partial charge in [-0.25, -0.2) is 4.98 Å². The second kappa shape index (κ2) is 4.27. The number of aromatic nitrogens is 1. The summed E-state index contributed by atoms with van der Waals surface area (Å²) in [4.78, 5) is 15.6. The number of carbonyl (C=O) groups is 1. The highest BCUT2D eigenvalue weighted by molar-refractivity contribution is 7.13. The Labute approximate surface area is 90.9 Å². The third-order valence-electron chi connectivity index (χ3n) is 1.78. The van der Waals surface area contributed by atoms with E-state index in [-0.39, 0.29) is 12.3 Å². The van der Waals surface area contributed by atoms with Crippen LogP contribution in [0.25, 0.3) is 0 Å². The summed E-state index contributed by atoms with van der Waals surface area (Å²) in [5.41, 5.74) is 0.910. The van der Waals surface area contributed by atoms with Crippen molar-refractivity contribution in [2.24, 2.45) is 0 Å². The van der Waals surface area contributed by atoms with Crippen molar-refractivity contribution in [2.75, 3.05) is 5.32 Å². The van der Waals surface area contributed by atoms with Gasteiger partial charge in [0.15, 0.2) is 5.13 Å². The predicted molar refractivity (Wildman–Crippen MR) is 57.9 cm³/mol. The van der Waals surface area contributed by atoms with Crippen LogP contribution >= 0.6 is 11.3 Å². The Hall–Kier alpha value is -1.62. The van der Waals surface area contributed by atoms with E-state index in [4.69, 9.17) is 4.42 Å². The van der Waals surface area contributed by atoms with Crippen molar-refractivity contribution in [2.45, 2.75) is 13.3 Å². The third kappa shape index (κ3) is 2.66. The molecule has 78 valence electrons. The number of thiazole rings is 1. The van der Waals surface area contributed by atoms with E-state index in [0.29, 0.717) is 10.9 Å². The molecule has 0 saturated heterocycles. The van der Waals surface area contributed by atoms with Gasteiger partial charge in [0.2, 0.25) is 5.91 Å². The monoisotopic (exact) mass is 222 g/mol. The molecule has 0 aliphatic carbocycles. The number of hydrogen-bond donors (Lipinski definition) is 1. The van der Waals surface area contributed by atoms with Crippen molar-refractivity contribution in [1.29, 1.82) is 0 Å². The summed E-state index contributed by atoms with van der Waals surface area (Å²) in [6, 6.07) is 3.53. The van der Waals surface area contributed by atoms with Crippen molar-refractivity contribution >= 4 is 22.4 Å². The van der Waals surface area contributed by atoms with Gasteiger partial charge in [-0.05, 0) is 19.1 Å². The molecule has 0 fully saturated rings. The molecular weight excluding hydrogens is 212 g/mol. The van der Waals surface area contributed by atoms with Gasteiger partial charge in [0.1, 0.15) is 5.76 Å². The van der Waals surface area contributed by atoms with Crippen molar-refractivity contribution < 1.29 is 9.21 Å². The Bertz CT molecular complexity index is 448. The lowest BCUT2D eigenvalue weighted by molar-refractivity contribution is -0.115. The molecular formula is C10H10N2O2S. The third-order valence-corrected chi connectivity index (χ3v) is 2.66. The maximum absolute atomic E-state index is 11.5. The number of nitrogens with one attached hydrogen (secondary N) is 1. The molecule has 15 heavy (non-hydrogen) atoms. The molecule has 0 aromatic carbocycles. The smallest absolute Gasteiger partial charge is 0.233 e. The van der Waals surface area contributed by atoms with Crippen LogP contribution in [0.4, 0.5) is 5.13 Å². The maximum Gasteiger partial charge on any atom is 0.233 e. The molecule has 0 aliphatic rings. The number of furan rings is 1.